The van der Waals surface area contributed by atoms with Crippen LogP contribution < -0.4 is 11.1 Å². The van der Waals surface area contributed by atoms with Crippen LogP contribution in [0.2, 0.25) is 0 Å². The molecule has 3 heterocycles. The fraction of sp³-hybridized carbons (Fsp3) is 0.571. The summed E-state index contributed by atoms with van der Waals surface area (Å²) >= 11 is 0. The quantitative estimate of drug-likeness (QED) is 0.737. The largest absolute Gasteiger partial charge is 0.357 e. The van der Waals surface area contributed by atoms with Gasteiger partial charge in [0, 0.05) is 24.3 Å². The van der Waals surface area contributed by atoms with Crippen LogP contribution in [0.4, 0.5) is 0 Å². The summed E-state index contributed by atoms with van der Waals surface area (Å²) in [6.45, 7) is 0.286. The van der Waals surface area contributed by atoms with Gasteiger partial charge in [0.25, 0.3) is 5.91 Å². The monoisotopic (exact) mass is 276 g/mol. The summed E-state index contributed by atoms with van der Waals surface area (Å²) in [6.07, 6.45) is 5.78. The molecule has 2 unspecified atom stereocenters. The second-order valence-corrected chi connectivity index (χ2v) is 5.75. The zero-order valence-corrected chi connectivity index (χ0v) is 11.3. The first kappa shape index (κ1) is 13.3. The molecular weight excluding hydrogens is 256 g/mol. The highest BCUT2D eigenvalue weighted by Crippen LogP contribution is 2.34. The van der Waals surface area contributed by atoms with Crippen LogP contribution in [0.5, 0.6) is 0 Å². The molecular formula is C14H20N4O2. The van der Waals surface area contributed by atoms with E-state index >= 15 is 0 Å². The maximum absolute atomic E-state index is 12.0. The van der Waals surface area contributed by atoms with Crippen molar-refractivity contribution in [1.29, 1.82) is 0 Å². The molecule has 0 radical (unpaired) electrons. The summed E-state index contributed by atoms with van der Waals surface area (Å²) < 4.78 is 0. The molecule has 2 fully saturated rings. The number of amides is 2. The highest BCUT2D eigenvalue weighted by Gasteiger charge is 2.40. The maximum atomic E-state index is 12.0. The summed E-state index contributed by atoms with van der Waals surface area (Å²) in [5.74, 6) is -0.613. The summed E-state index contributed by atoms with van der Waals surface area (Å²) in [7, 11) is 0. The van der Waals surface area contributed by atoms with Gasteiger partial charge in [-0.2, -0.15) is 0 Å². The third-order valence-electron chi connectivity index (χ3n) is 4.34. The number of nitrogens with two attached hydrogens (primary N) is 1. The molecule has 6 heteroatoms. The van der Waals surface area contributed by atoms with Crippen molar-refractivity contribution in [3.05, 3.63) is 24.0 Å². The molecule has 2 saturated heterocycles. The van der Waals surface area contributed by atoms with E-state index in [4.69, 9.17) is 5.73 Å². The molecule has 2 aliphatic heterocycles. The van der Waals surface area contributed by atoms with Crippen LogP contribution in [0.25, 0.3) is 0 Å². The molecule has 2 aliphatic rings. The van der Waals surface area contributed by atoms with E-state index < -0.39 is 0 Å². The number of aromatic amines is 1. The summed E-state index contributed by atoms with van der Waals surface area (Å²) in [5.41, 5.74) is 6.41. The van der Waals surface area contributed by atoms with Crippen molar-refractivity contribution >= 4 is 11.8 Å². The minimum absolute atomic E-state index is 0.239. The van der Waals surface area contributed by atoms with Gasteiger partial charge in [-0.25, -0.2) is 0 Å². The second kappa shape index (κ2) is 5.38. The highest BCUT2D eigenvalue weighted by atomic mass is 16.2. The first-order valence-corrected chi connectivity index (χ1v) is 7.12. The van der Waals surface area contributed by atoms with Gasteiger partial charge in [-0.3, -0.25) is 19.8 Å². The summed E-state index contributed by atoms with van der Waals surface area (Å²) in [6, 6.07) is 4.43. The van der Waals surface area contributed by atoms with E-state index in [9.17, 15) is 9.59 Å². The number of carbonyl (C=O) groups is 2. The third kappa shape index (κ3) is 2.62. The predicted molar refractivity (Wildman–Crippen MR) is 74.0 cm³/mol. The van der Waals surface area contributed by atoms with Gasteiger partial charge in [-0.15, -0.1) is 0 Å². The number of aromatic nitrogens is 1. The van der Waals surface area contributed by atoms with E-state index in [-0.39, 0.29) is 24.4 Å². The molecule has 0 spiro atoms. The topological polar surface area (TPSA) is 91.2 Å². The van der Waals surface area contributed by atoms with Crippen molar-refractivity contribution in [3.63, 3.8) is 0 Å². The van der Waals surface area contributed by atoms with Gasteiger partial charge in [0.15, 0.2) is 0 Å². The lowest BCUT2D eigenvalue weighted by atomic mass is 9.98. The Morgan fingerprint density at radius 2 is 2.05 bits per heavy atom. The first-order chi connectivity index (χ1) is 9.63. The first-order valence-electron chi connectivity index (χ1n) is 7.12. The molecule has 0 aromatic carbocycles. The number of nitrogens with one attached hydrogen (secondary N) is 2. The average molecular weight is 276 g/mol. The van der Waals surface area contributed by atoms with Crippen LogP contribution in [0, 0.1) is 0 Å². The zero-order valence-electron chi connectivity index (χ0n) is 11.3. The highest BCUT2D eigenvalue weighted by molar-refractivity contribution is 6.04. The molecule has 3 rings (SSSR count). The Kier molecular flexibility index (Phi) is 3.58. The standard InChI is InChI=1S/C14H20N4O2/c15-9-6-10-3-4-11(7-9)18(10)8-13(19)17-14(20)12-2-1-5-16-12/h1-2,5,9-11,16H,3-4,6-8,15H2,(H,17,19,20). The van der Waals surface area contributed by atoms with Crippen LogP contribution in [-0.2, 0) is 4.79 Å². The Balaban J connectivity index is 1.56. The van der Waals surface area contributed by atoms with Gasteiger partial charge in [0.2, 0.25) is 5.91 Å². The Morgan fingerprint density at radius 1 is 1.35 bits per heavy atom. The Labute approximate surface area is 117 Å². The number of carbonyl (C=O) groups excluding carboxylic acids is 2. The minimum atomic E-state index is -0.374. The number of nitrogens with zero attached hydrogens (tertiary/aromatic N) is 1. The van der Waals surface area contributed by atoms with Gasteiger partial charge in [0.05, 0.1) is 6.54 Å². The number of hydrogen-bond acceptors (Lipinski definition) is 4. The average Bonchev–Trinajstić information content (AvgIpc) is 2.99. The number of fused-ring (bicyclic) bond motifs is 2. The SMILES string of the molecule is NC1CC2CCC(C1)N2CC(=O)NC(=O)c1ccc[nH]1. The molecule has 2 atom stereocenters. The van der Waals surface area contributed by atoms with E-state index in [1.165, 1.54) is 0 Å². The van der Waals surface area contributed by atoms with Crippen LogP contribution in [-0.4, -0.2) is 46.4 Å². The Hall–Kier alpha value is -1.66. The van der Waals surface area contributed by atoms with E-state index in [0.29, 0.717) is 17.8 Å². The molecule has 2 bridgehead atoms. The molecule has 2 amide bonds. The number of piperidine rings is 1. The van der Waals surface area contributed by atoms with Crippen LogP contribution in [0.1, 0.15) is 36.2 Å². The minimum Gasteiger partial charge on any atom is -0.357 e. The van der Waals surface area contributed by atoms with E-state index in [1.54, 1.807) is 18.3 Å². The van der Waals surface area contributed by atoms with Crippen LogP contribution >= 0.6 is 0 Å². The van der Waals surface area contributed by atoms with Crippen LogP contribution in [0.15, 0.2) is 18.3 Å². The lowest BCUT2D eigenvalue weighted by Crippen LogP contribution is -2.51. The van der Waals surface area contributed by atoms with Crippen molar-refractivity contribution in [2.75, 3.05) is 6.54 Å². The maximum Gasteiger partial charge on any atom is 0.274 e. The second-order valence-electron chi connectivity index (χ2n) is 5.75. The molecule has 0 aliphatic carbocycles. The molecule has 0 saturated carbocycles. The fourth-order valence-corrected chi connectivity index (χ4v) is 3.45. The van der Waals surface area contributed by atoms with Gasteiger partial charge in [0.1, 0.15) is 5.69 Å². The number of H-pyrrole nitrogens is 1. The fourth-order valence-electron chi connectivity index (χ4n) is 3.45. The van der Waals surface area contributed by atoms with Gasteiger partial charge in [-0.1, -0.05) is 0 Å². The lowest BCUT2D eigenvalue weighted by molar-refractivity contribution is -0.122. The summed E-state index contributed by atoms with van der Waals surface area (Å²) in [4.78, 5) is 28.8. The molecule has 1 aromatic heterocycles. The molecule has 20 heavy (non-hydrogen) atoms. The van der Waals surface area contributed by atoms with E-state index in [1.807, 2.05) is 0 Å². The molecule has 6 nitrogen and oxygen atoms in total. The third-order valence-corrected chi connectivity index (χ3v) is 4.34. The zero-order chi connectivity index (χ0) is 14.1. The lowest BCUT2D eigenvalue weighted by Gasteiger charge is -2.37. The van der Waals surface area contributed by atoms with E-state index in [0.717, 1.165) is 25.7 Å². The number of imide groups is 1. The van der Waals surface area contributed by atoms with Crippen molar-refractivity contribution < 1.29 is 9.59 Å². The summed E-state index contributed by atoms with van der Waals surface area (Å²) in [5, 5.41) is 2.43. The Bertz CT molecular complexity index is 485. The van der Waals surface area contributed by atoms with Gasteiger partial charge in [-0.05, 0) is 37.8 Å². The van der Waals surface area contributed by atoms with Gasteiger partial charge >= 0.3 is 0 Å². The van der Waals surface area contributed by atoms with Crippen molar-refractivity contribution in [2.24, 2.45) is 5.73 Å². The molecule has 108 valence electrons. The van der Waals surface area contributed by atoms with E-state index in [2.05, 4.69) is 15.2 Å². The normalized spacial score (nSPS) is 29.4. The molecule has 4 N–H and O–H groups in total. The number of rotatable bonds is 3. The molecule has 1 aromatic rings. The van der Waals surface area contributed by atoms with Crippen molar-refractivity contribution in [2.45, 2.75) is 43.8 Å². The Morgan fingerprint density at radius 3 is 2.65 bits per heavy atom. The number of hydrogen-bond donors (Lipinski definition) is 3. The smallest absolute Gasteiger partial charge is 0.274 e. The predicted octanol–water partition coefficient (Wildman–Crippen LogP) is 0.225. The van der Waals surface area contributed by atoms with Crippen molar-refractivity contribution in [3.8, 4) is 0 Å². The van der Waals surface area contributed by atoms with Gasteiger partial charge < -0.3 is 10.7 Å². The van der Waals surface area contributed by atoms with Crippen molar-refractivity contribution in [1.82, 2.24) is 15.2 Å². The van der Waals surface area contributed by atoms with Crippen LogP contribution in [0.3, 0.4) is 0 Å².